The van der Waals surface area contributed by atoms with Gasteiger partial charge in [0.15, 0.2) is 0 Å². The molecule has 0 radical (unpaired) electrons. The first kappa shape index (κ1) is 8.75. The summed E-state index contributed by atoms with van der Waals surface area (Å²) in [7, 11) is 2.03. The molecular weight excluding hydrogens is 162 g/mol. The van der Waals surface area contributed by atoms with Gasteiger partial charge in [-0.2, -0.15) is 0 Å². The molecule has 72 valence electrons. The van der Waals surface area contributed by atoms with Gasteiger partial charge in [-0.3, -0.25) is 0 Å². The highest BCUT2D eigenvalue weighted by Gasteiger charge is 2.45. The van der Waals surface area contributed by atoms with Crippen LogP contribution in [0.15, 0.2) is 12.4 Å². The van der Waals surface area contributed by atoms with E-state index in [1.165, 1.54) is 6.42 Å². The molecule has 1 heterocycles. The Hall–Kier alpha value is -0.830. The number of hydrogen-bond acceptors (Lipinski definition) is 2. The van der Waals surface area contributed by atoms with E-state index >= 15 is 0 Å². The van der Waals surface area contributed by atoms with Crippen LogP contribution >= 0.6 is 0 Å². The molecule has 2 rings (SSSR count). The van der Waals surface area contributed by atoms with Gasteiger partial charge in [0.1, 0.15) is 5.82 Å². The molecule has 3 nitrogen and oxygen atoms in total. The van der Waals surface area contributed by atoms with Crippen LogP contribution in [-0.2, 0) is 13.6 Å². The van der Waals surface area contributed by atoms with E-state index in [9.17, 15) is 0 Å². The third-order valence-electron chi connectivity index (χ3n) is 2.94. The molecule has 1 saturated carbocycles. The lowest BCUT2D eigenvalue weighted by atomic mass is 10.2. The smallest absolute Gasteiger partial charge is 0.122 e. The van der Waals surface area contributed by atoms with Gasteiger partial charge in [0.05, 0.1) is 6.54 Å². The Morgan fingerprint density at radius 3 is 2.85 bits per heavy atom. The maximum absolute atomic E-state index is 4.26. The average molecular weight is 179 g/mol. The number of nitrogens with one attached hydrogen (secondary N) is 1. The minimum Gasteiger partial charge on any atom is -0.337 e. The third kappa shape index (κ3) is 1.75. The number of aromatic nitrogens is 2. The van der Waals surface area contributed by atoms with Gasteiger partial charge in [-0.15, -0.1) is 0 Å². The van der Waals surface area contributed by atoms with Crippen molar-refractivity contribution in [1.82, 2.24) is 14.9 Å². The van der Waals surface area contributed by atoms with Crippen LogP contribution in [0.1, 0.15) is 26.1 Å². The molecule has 1 fully saturated rings. The summed E-state index contributed by atoms with van der Waals surface area (Å²) in [5.74, 6) is 1.11. The van der Waals surface area contributed by atoms with Gasteiger partial charge in [-0.1, -0.05) is 13.8 Å². The molecule has 1 unspecified atom stereocenters. The highest BCUT2D eigenvalue weighted by Crippen LogP contribution is 2.44. The Kier molecular flexibility index (Phi) is 1.91. The maximum atomic E-state index is 4.26. The second-order valence-electron chi connectivity index (χ2n) is 4.58. The fourth-order valence-corrected chi connectivity index (χ4v) is 1.60. The van der Waals surface area contributed by atoms with Crippen LogP contribution in [0.5, 0.6) is 0 Å². The first-order valence-electron chi connectivity index (χ1n) is 4.79. The minimum absolute atomic E-state index is 0.505. The normalized spacial score (nSPS) is 24.7. The summed E-state index contributed by atoms with van der Waals surface area (Å²) in [6.07, 6.45) is 5.11. The van der Waals surface area contributed by atoms with Gasteiger partial charge in [0, 0.05) is 25.5 Å². The highest BCUT2D eigenvalue weighted by molar-refractivity contribution is 5.02. The SMILES string of the molecule is Cn1ccnc1CNC1CC1(C)C. The molecule has 1 N–H and O–H groups in total. The summed E-state index contributed by atoms with van der Waals surface area (Å²) >= 11 is 0. The van der Waals surface area contributed by atoms with Crippen molar-refractivity contribution in [1.29, 1.82) is 0 Å². The zero-order chi connectivity index (χ0) is 9.47. The molecule has 0 saturated heterocycles. The van der Waals surface area contributed by atoms with Gasteiger partial charge in [-0.25, -0.2) is 4.98 Å². The van der Waals surface area contributed by atoms with Crippen molar-refractivity contribution in [2.24, 2.45) is 12.5 Å². The van der Waals surface area contributed by atoms with Crippen LogP contribution in [0.4, 0.5) is 0 Å². The number of imidazole rings is 1. The molecule has 1 aromatic heterocycles. The predicted molar refractivity (Wildman–Crippen MR) is 52.2 cm³/mol. The lowest BCUT2D eigenvalue weighted by Crippen LogP contribution is -2.21. The van der Waals surface area contributed by atoms with Crippen molar-refractivity contribution in [3.63, 3.8) is 0 Å². The van der Waals surface area contributed by atoms with Crippen LogP contribution in [0.3, 0.4) is 0 Å². The zero-order valence-corrected chi connectivity index (χ0v) is 8.54. The average Bonchev–Trinajstić information content (AvgIpc) is 2.47. The summed E-state index contributed by atoms with van der Waals surface area (Å²) < 4.78 is 2.06. The summed E-state index contributed by atoms with van der Waals surface area (Å²) in [6.45, 7) is 5.48. The fraction of sp³-hybridized carbons (Fsp3) is 0.700. The Morgan fingerprint density at radius 2 is 2.38 bits per heavy atom. The van der Waals surface area contributed by atoms with E-state index in [4.69, 9.17) is 0 Å². The molecule has 1 aromatic rings. The van der Waals surface area contributed by atoms with E-state index in [0.717, 1.165) is 12.4 Å². The monoisotopic (exact) mass is 179 g/mol. The van der Waals surface area contributed by atoms with Crippen LogP contribution in [0.2, 0.25) is 0 Å². The quantitative estimate of drug-likeness (QED) is 0.758. The molecular formula is C10H17N3. The van der Waals surface area contributed by atoms with E-state index < -0.39 is 0 Å². The van der Waals surface area contributed by atoms with Crippen molar-refractivity contribution >= 4 is 0 Å². The second-order valence-corrected chi connectivity index (χ2v) is 4.58. The van der Waals surface area contributed by atoms with Crippen molar-refractivity contribution in [3.05, 3.63) is 18.2 Å². The van der Waals surface area contributed by atoms with E-state index in [2.05, 4.69) is 28.7 Å². The van der Waals surface area contributed by atoms with Gasteiger partial charge in [0.25, 0.3) is 0 Å². The fourth-order valence-electron chi connectivity index (χ4n) is 1.60. The van der Waals surface area contributed by atoms with Gasteiger partial charge < -0.3 is 9.88 Å². The lowest BCUT2D eigenvalue weighted by Gasteiger charge is -2.06. The summed E-state index contributed by atoms with van der Waals surface area (Å²) in [5, 5.41) is 3.51. The van der Waals surface area contributed by atoms with Gasteiger partial charge in [0.2, 0.25) is 0 Å². The summed E-state index contributed by atoms with van der Waals surface area (Å²) in [4.78, 5) is 4.26. The Balaban J connectivity index is 1.85. The van der Waals surface area contributed by atoms with Crippen molar-refractivity contribution in [2.45, 2.75) is 32.9 Å². The zero-order valence-electron chi connectivity index (χ0n) is 8.54. The van der Waals surface area contributed by atoms with Crippen molar-refractivity contribution < 1.29 is 0 Å². The van der Waals surface area contributed by atoms with Crippen molar-refractivity contribution in [3.8, 4) is 0 Å². The number of aryl methyl sites for hydroxylation is 1. The first-order chi connectivity index (χ1) is 6.09. The lowest BCUT2D eigenvalue weighted by molar-refractivity contribution is 0.529. The van der Waals surface area contributed by atoms with E-state index in [0.29, 0.717) is 11.5 Å². The minimum atomic E-state index is 0.505. The van der Waals surface area contributed by atoms with E-state index in [1.807, 2.05) is 19.4 Å². The first-order valence-corrected chi connectivity index (χ1v) is 4.79. The molecule has 13 heavy (non-hydrogen) atoms. The van der Waals surface area contributed by atoms with Gasteiger partial charge >= 0.3 is 0 Å². The second kappa shape index (κ2) is 2.84. The molecule has 0 amide bonds. The molecule has 0 aromatic carbocycles. The Morgan fingerprint density at radius 1 is 1.69 bits per heavy atom. The van der Waals surface area contributed by atoms with Crippen LogP contribution in [0.25, 0.3) is 0 Å². The number of hydrogen-bond donors (Lipinski definition) is 1. The van der Waals surface area contributed by atoms with Crippen LogP contribution < -0.4 is 5.32 Å². The maximum Gasteiger partial charge on any atom is 0.122 e. The van der Waals surface area contributed by atoms with E-state index in [1.54, 1.807) is 0 Å². The standard InChI is InChI=1S/C10H17N3/c1-10(2)6-8(10)12-7-9-11-4-5-13(9)3/h4-5,8,12H,6-7H2,1-3H3. The molecule has 1 atom stereocenters. The Bertz CT molecular complexity index is 301. The van der Waals surface area contributed by atoms with Crippen molar-refractivity contribution in [2.75, 3.05) is 0 Å². The molecule has 0 aliphatic heterocycles. The summed E-state index contributed by atoms with van der Waals surface area (Å²) in [6, 6.07) is 0.684. The predicted octanol–water partition coefficient (Wildman–Crippen LogP) is 1.31. The molecule has 3 heteroatoms. The topological polar surface area (TPSA) is 29.9 Å². The third-order valence-corrected chi connectivity index (χ3v) is 2.94. The molecule has 0 spiro atoms. The largest absolute Gasteiger partial charge is 0.337 e. The van der Waals surface area contributed by atoms with Crippen LogP contribution in [0, 0.1) is 5.41 Å². The van der Waals surface area contributed by atoms with Gasteiger partial charge in [-0.05, 0) is 11.8 Å². The highest BCUT2D eigenvalue weighted by atomic mass is 15.1. The number of nitrogens with zero attached hydrogens (tertiary/aromatic N) is 2. The molecule has 1 aliphatic rings. The summed E-state index contributed by atoms with van der Waals surface area (Å²) in [5.41, 5.74) is 0.505. The Labute approximate surface area is 79.2 Å². The van der Waals surface area contributed by atoms with Crippen LogP contribution in [-0.4, -0.2) is 15.6 Å². The molecule has 1 aliphatic carbocycles. The molecule has 0 bridgehead atoms. The van der Waals surface area contributed by atoms with E-state index in [-0.39, 0.29) is 0 Å². The number of rotatable bonds is 3.